The van der Waals surface area contributed by atoms with Gasteiger partial charge in [0.15, 0.2) is 0 Å². The normalized spacial score (nSPS) is 9.50. The van der Waals surface area contributed by atoms with Crippen LogP contribution >= 0.6 is 15.9 Å². The van der Waals surface area contributed by atoms with Gasteiger partial charge in [0.05, 0.1) is 20.8 Å². The summed E-state index contributed by atoms with van der Waals surface area (Å²) in [6.07, 6.45) is 0. The van der Waals surface area contributed by atoms with Crippen molar-refractivity contribution in [1.82, 2.24) is 5.32 Å². The topological polar surface area (TPSA) is 68.8 Å². The maximum Gasteiger partial charge on any atom is 0.319 e. The third-order valence-electron chi connectivity index (χ3n) is 3.18. The fourth-order valence-electron chi connectivity index (χ4n) is 1.97. The van der Waals surface area contributed by atoms with Gasteiger partial charge in [0.1, 0.15) is 23.9 Å². The zero-order chi connectivity index (χ0) is 18.8. The molecular weight excluding hydrogens is 400 g/mol. The van der Waals surface area contributed by atoms with Crippen molar-refractivity contribution >= 4 is 27.6 Å². The van der Waals surface area contributed by atoms with Gasteiger partial charge in [-0.25, -0.2) is 4.79 Å². The molecule has 0 saturated carbocycles. The van der Waals surface area contributed by atoms with Gasteiger partial charge in [-0.3, -0.25) is 0 Å². The van der Waals surface area contributed by atoms with Crippen molar-refractivity contribution in [2.75, 3.05) is 32.7 Å². The van der Waals surface area contributed by atoms with Gasteiger partial charge in [0.2, 0.25) is 0 Å². The van der Waals surface area contributed by atoms with Crippen molar-refractivity contribution in [1.29, 1.82) is 0 Å². The van der Waals surface area contributed by atoms with Crippen LogP contribution in [0.5, 0.6) is 17.2 Å². The average molecular weight is 419 g/mol. The molecule has 2 aromatic rings. The van der Waals surface area contributed by atoms with E-state index in [9.17, 15) is 4.79 Å². The van der Waals surface area contributed by atoms with Crippen LogP contribution in [0.25, 0.3) is 0 Å². The van der Waals surface area contributed by atoms with Crippen molar-refractivity contribution in [3.63, 3.8) is 0 Å². The second kappa shape index (κ2) is 10.2. The number of rotatable bonds is 6. The van der Waals surface area contributed by atoms with E-state index < -0.39 is 0 Å². The third-order valence-corrected chi connectivity index (χ3v) is 3.67. The van der Waals surface area contributed by atoms with E-state index >= 15 is 0 Å². The fraction of sp³-hybridized carbons (Fsp3) is 0.211. The van der Waals surface area contributed by atoms with Crippen molar-refractivity contribution < 1.29 is 19.0 Å². The number of carbonyl (C=O) groups excluding carboxylic acids is 1. The number of methoxy groups -OCH3 is 2. The van der Waals surface area contributed by atoms with Gasteiger partial charge in [0.25, 0.3) is 0 Å². The van der Waals surface area contributed by atoms with E-state index in [-0.39, 0.29) is 19.2 Å². The van der Waals surface area contributed by atoms with Crippen molar-refractivity contribution in [2.24, 2.45) is 0 Å². The van der Waals surface area contributed by atoms with Crippen molar-refractivity contribution in [3.8, 4) is 29.1 Å². The van der Waals surface area contributed by atoms with Gasteiger partial charge >= 0.3 is 6.03 Å². The molecule has 0 aliphatic rings. The summed E-state index contributed by atoms with van der Waals surface area (Å²) in [5, 5.41) is 5.35. The minimum Gasteiger partial charge on any atom is -0.497 e. The van der Waals surface area contributed by atoms with Gasteiger partial charge < -0.3 is 24.8 Å². The zero-order valence-electron chi connectivity index (χ0n) is 14.5. The summed E-state index contributed by atoms with van der Waals surface area (Å²) in [6.45, 7) is 0.446. The summed E-state index contributed by atoms with van der Waals surface area (Å²) in [4.78, 5) is 11.9. The molecule has 0 heterocycles. The number of anilines is 1. The molecular formula is C19H19BrN2O4. The van der Waals surface area contributed by atoms with E-state index in [1.54, 1.807) is 32.4 Å². The highest BCUT2D eigenvalue weighted by Gasteiger charge is 2.05. The molecule has 0 unspecified atom stereocenters. The molecule has 136 valence electrons. The second-order valence-electron chi connectivity index (χ2n) is 5.01. The molecule has 0 spiro atoms. The molecule has 26 heavy (non-hydrogen) atoms. The highest BCUT2D eigenvalue weighted by Crippen LogP contribution is 2.25. The summed E-state index contributed by atoms with van der Waals surface area (Å²) >= 11 is 3.37. The Morgan fingerprint density at radius 3 is 2.42 bits per heavy atom. The highest BCUT2D eigenvalue weighted by molar-refractivity contribution is 9.10. The number of benzene rings is 2. The number of carbonyl (C=O) groups is 1. The van der Waals surface area contributed by atoms with Gasteiger partial charge in [-0.1, -0.05) is 33.8 Å². The fourth-order valence-corrected chi connectivity index (χ4v) is 2.35. The Morgan fingerprint density at radius 2 is 1.77 bits per heavy atom. The Bertz CT molecular complexity index is 792. The second-order valence-corrected chi connectivity index (χ2v) is 5.92. The number of urea groups is 1. The standard InChI is InChI=1S/C19H19BrN2O4/c1-24-17-11-15(12-18(13-17)25-2)22-19(23)21-8-3-4-9-26-16-7-5-6-14(20)10-16/h5-7,10-13H,8-9H2,1-2H3,(H2,21,22,23). The van der Waals surface area contributed by atoms with E-state index in [0.717, 1.165) is 10.2 Å². The number of hydrogen-bond donors (Lipinski definition) is 2. The molecule has 0 atom stereocenters. The SMILES string of the molecule is COc1cc(NC(=O)NCC#CCOc2cccc(Br)c2)cc(OC)c1. The lowest BCUT2D eigenvalue weighted by Gasteiger charge is -2.09. The monoisotopic (exact) mass is 418 g/mol. The number of hydrogen-bond acceptors (Lipinski definition) is 4. The summed E-state index contributed by atoms with van der Waals surface area (Å²) in [6, 6.07) is 12.2. The van der Waals surface area contributed by atoms with Crippen molar-refractivity contribution in [2.45, 2.75) is 0 Å². The Hall–Kier alpha value is -2.85. The molecule has 0 aliphatic carbocycles. The molecule has 0 aliphatic heterocycles. The predicted molar refractivity (Wildman–Crippen MR) is 104 cm³/mol. The first-order chi connectivity index (χ1) is 12.6. The van der Waals surface area contributed by atoms with Crippen LogP contribution in [-0.2, 0) is 0 Å². The number of ether oxygens (including phenoxy) is 3. The first-order valence-electron chi connectivity index (χ1n) is 7.72. The minimum absolute atomic E-state index is 0.203. The smallest absolute Gasteiger partial charge is 0.319 e. The molecule has 2 amide bonds. The number of amides is 2. The van der Waals surface area contributed by atoms with Crippen LogP contribution in [0.15, 0.2) is 46.9 Å². The van der Waals surface area contributed by atoms with Crippen LogP contribution in [0.4, 0.5) is 10.5 Å². The molecule has 0 fully saturated rings. The van der Waals surface area contributed by atoms with E-state index in [1.807, 2.05) is 24.3 Å². The maximum atomic E-state index is 11.9. The first kappa shape index (κ1) is 19.5. The number of halogens is 1. The molecule has 0 saturated heterocycles. The summed E-state index contributed by atoms with van der Waals surface area (Å²) in [5.41, 5.74) is 0.560. The predicted octanol–water partition coefficient (Wildman–Crippen LogP) is 3.67. The molecule has 0 radical (unpaired) electrons. The molecule has 2 aromatic carbocycles. The van der Waals surface area contributed by atoms with Crippen LogP contribution in [-0.4, -0.2) is 33.4 Å². The third kappa shape index (κ3) is 6.57. The molecule has 2 rings (SSSR count). The molecule has 0 bridgehead atoms. The lowest BCUT2D eigenvalue weighted by molar-refractivity contribution is 0.253. The minimum atomic E-state index is -0.373. The summed E-state index contributed by atoms with van der Waals surface area (Å²) < 4.78 is 16.7. The highest BCUT2D eigenvalue weighted by atomic mass is 79.9. The lowest BCUT2D eigenvalue weighted by Crippen LogP contribution is -2.28. The Morgan fingerprint density at radius 1 is 1.04 bits per heavy atom. The van der Waals surface area contributed by atoms with Gasteiger partial charge in [-0.15, -0.1) is 0 Å². The van der Waals surface area contributed by atoms with Gasteiger partial charge in [0, 0.05) is 28.4 Å². The Kier molecular flexibility index (Phi) is 7.65. The molecule has 6 nitrogen and oxygen atoms in total. The maximum absolute atomic E-state index is 11.9. The van der Waals surface area contributed by atoms with Crippen LogP contribution in [0.3, 0.4) is 0 Å². The zero-order valence-corrected chi connectivity index (χ0v) is 16.1. The van der Waals surface area contributed by atoms with Crippen LogP contribution in [0.2, 0.25) is 0 Å². The van der Waals surface area contributed by atoms with E-state index in [1.165, 1.54) is 0 Å². The average Bonchev–Trinajstić information content (AvgIpc) is 2.64. The summed E-state index contributed by atoms with van der Waals surface area (Å²) in [5.74, 6) is 7.57. The van der Waals surface area contributed by atoms with E-state index in [0.29, 0.717) is 17.2 Å². The Labute approximate surface area is 161 Å². The molecule has 0 aromatic heterocycles. The van der Waals surface area contributed by atoms with Gasteiger partial charge in [-0.2, -0.15) is 0 Å². The van der Waals surface area contributed by atoms with Crippen molar-refractivity contribution in [3.05, 3.63) is 46.9 Å². The Balaban J connectivity index is 1.76. The lowest BCUT2D eigenvalue weighted by atomic mass is 10.3. The van der Waals surface area contributed by atoms with E-state index in [2.05, 4.69) is 38.4 Å². The van der Waals surface area contributed by atoms with E-state index in [4.69, 9.17) is 14.2 Å². The van der Waals surface area contributed by atoms with Crippen LogP contribution in [0.1, 0.15) is 0 Å². The van der Waals surface area contributed by atoms with Crippen LogP contribution < -0.4 is 24.8 Å². The number of nitrogens with one attached hydrogen (secondary N) is 2. The summed E-state index contributed by atoms with van der Waals surface area (Å²) in [7, 11) is 3.09. The largest absolute Gasteiger partial charge is 0.497 e. The first-order valence-corrected chi connectivity index (χ1v) is 8.52. The van der Waals surface area contributed by atoms with Gasteiger partial charge in [-0.05, 0) is 18.2 Å². The van der Waals surface area contributed by atoms with Crippen LogP contribution in [0, 0.1) is 11.8 Å². The molecule has 7 heteroatoms. The quantitative estimate of drug-likeness (QED) is 0.702. The molecule has 2 N–H and O–H groups in total.